The first-order valence-electron chi connectivity index (χ1n) is 3.58. The van der Waals surface area contributed by atoms with Gasteiger partial charge in [0, 0.05) is 6.54 Å². The molecule has 1 heterocycles. The smallest absolute Gasteiger partial charge is 0.142 e. The first kappa shape index (κ1) is 7.52. The number of para-hydroxylation sites is 1. The number of hydrogen-bond donors (Lipinski definition) is 2. The van der Waals surface area contributed by atoms with Gasteiger partial charge in [0.05, 0.1) is 4.70 Å². The monoisotopic (exact) mass is 180 g/mol. The molecular weight excluding hydrogens is 172 g/mol. The van der Waals surface area contributed by atoms with Crippen molar-refractivity contribution in [3.05, 3.63) is 23.2 Å². The molecule has 62 valence electrons. The zero-order chi connectivity index (χ0) is 8.55. The summed E-state index contributed by atoms with van der Waals surface area (Å²) in [6.45, 7) is 0.429. The van der Waals surface area contributed by atoms with Crippen LogP contribution >= 0.6 is 11.3 Å². The molecule has 2 rings (SSSR count). The molecule has 3 N–H and O–H groups in total. The number of benzene rings is 1. The van der Waals surface area contributed by atoms with Gasteiger partial charge < -0.3 is 10.8 Å². The van der Waals surface area contributed by atoms with Gasteiger partial charge in [0.15, 0.2) is 0 Å². The fourth-order valence-corrected chi connectivity index (χ4v) is 1.93. The summed E-state index contributed by atoms with van der Waals surface area (Å²) in [6.07, 6.45) is 0. The Balaban J connectivity index is 2.74. The van der Waals surface area contributed by atoms with Crippen LogP contribution in [0.3, 0.4) is 0 Å². The van der Waals surface area contributed by atoms with E-state index in [1.807, 2.05) is 6.07 Å². The molecule has 0 radical (unpaired) electrons. The number of nitrogens with two attached hydrogens (primary N) is 1. The molecule has 2 aromatic rings. The SMILES string of the molecule is NCc1nc2c(O)cccc2s1. The van der Waals surface area contributed by atoms with E-state index in [9.17, 15) is 5.11 Å². The third kappa shape index (κ3) is 1.05. The highest BCUT2D eigenvalue weighted by atomic mass is 32.1. The van der Waals surface area contributed by atoms with Gasteiger partial charge >= 0.3 is 0 Å². The summed E-state index contributed by atoms with van der Waals surface area (Å²) in [5, 5.41) is 10.2. The van der Waals surface area contributed by atoms with Crippen LogP contribution in [0.15, 0.2) is 18.2 Å². The largest absolute Gasteiger partial charge is 0.506 e. The van der Waals surface area contributed by atoms with Crippen LogP contribution in [0.4, 0.5) is 0 Å². The minimum absolute atomic E-state index is 0.225. The van der Waals surface area contributed by atoms with E-state index >= 15 is 0 Å². The molecule has 0 saturated carbocycles. The molecule has 12 heavy (non-hydrogen) atoms. The Kier molecular flexibility index (Phi) is 1.71. The van der Waals surface area contributed by atoms with Crippen LogP contribution in [0.25, 0.3) is 10.2 Å². The summed E-state index contributed by atoms with van der Waals surface area (Å²) in [4.78, 5) is 4.17. The van der Waals surface area contributed by atoms with Gasteiger partial charge in [0.25, 0.3) is 0 Å². The van der Waals surface area contributed by atoms with Gasteiger partial charge in [-0.2, -0.15) is 0 Å². The van der Waals surface area contributed by atoms with Crippen LogP contribution in [0, 0.1) is 0 Å². The highest BCUT2D eigenvalue weighted by Crippen LogP contribution is 2.28. The van der Waals surface area contributed by atoms with Gasteiger partial charge in [0.1, 0.15) is 16.3 Å². The minimum Gasteiger partial charge on any atom is -0.506 e. The number of rotatable bonds is 1. The maximum Gasteiger partial charge on any atom is 0.142 e. The van der Waals surface area contributed by atoms with E-state index in [0.717, 1.165) is 9.71 Å². The fourth-order valence-electron chi connectivity index (χ4n) is 1.07. The molecule has 4 heteroatoms. The van der Waals surface area contributed by atoms with E-state index in [4.69, 9.17) is 5.73 Å². The van der Waals surface area contributed by atoms with Crippen molar-refractivity contribution in [2.75, 3.05) is 0 Å². The average Bonchev–Trinajstić information content (AvgIpc) is 2.49. The Morgan fingerprint density at radius 2 is 2.33 bits per heavy atom. The number of phenols is 1. The highest BCUT2D eigenvalue weighted by molar-refractivity contribution is 7.18. The van der Waals surface area contributed by atoms with E-state index in [1.165, 1.54) is 11.3 Å². The molecule has 0 fully saturated rings. The van der Waals surface area contributed by atoms with Crippen LogP contribution in [-0.4, -0.2) is 10.1 Å². The highest BCUT2D eigenvalue weighted by Gasteiger charge is 2.04. The Hall–Kier alpha value is -1.13. The molecule has 0 unspecified atom stereocenters. The third-order valence-corrected chi connectivity index (χ3v) is 2.66. The second-order valence-electron chi connectivity index (χ2n) is 2.44. The Bertz CT molecular complexity index is 410. The van der Waals surface area contributed by atoms with E-state index in [1.54, 1.807) is 12.1 Å². The predicted octanol–water partition coefficient (Wildman–Crippen LogP) is 1.46. The van der Waals surface area contributed by atoms with Gasteiger partial charge in [-0.15, -0.1) is 11.3 Å². The Morgan fingerprint density at radius 3 is 3.00 bits per heavy atom. The van der Waals surface area contributed by atoms with E-state index in [-0.39, 0.29) is 5.75 Å². The molecule has 0 aliphatic rings. The Labute approximate surface area is 73.5 Å². The van der Waals surface area contributed by atoms with Gasteiger partial charge in [-0.1, -0.05) is 6.07 Å². The van der Waals surface area contributed by atoms with Gasteiger partial charge in [-0.25, -0.2) is 4.98 Å². The van der Waals surface area contributed by atoms with Crippen molar-refractivity contribution < 1.29 is 5.11 Å². The molecule has 0 bridgehead atoms. The minimum atomic E-state index is 0.225. The van der Waals surface area contributed by atoms with Crippen molar-refractivity contribution in [1.82, 2.24) is 4.98 Å². The van der Waals surface area contributed by atoms with Crippen LogP contribution < -0.4 is 5.73 Å². The molecule has 3 nitrogen and oxygen atoms in total. The van der Waals surface area contributed by atoms with Crippen molar-refractivity contribution in [3.63, 3.8) is 0 Å². The lowest BCUT2D eigenvalue weighted by Gasteiger charge is -1.89. The summed E-state index contributed by atoms with van der Waals surface area (Å²) in [6, 6.07) is 5.35. The lowest BCUT2D eigenvalue weighted by atomic mass is 10.3. The van der Waals surface area contributed by atoms with Crippen LogP contribution in [0.5, 0.6) is 5.75 Å². The first-order chi connectivity index (χ1) is 5.81. The summed E-state index contributed by atoms with van der Waals surface area (Å²) in [5.41, 5.74) is 6.09. The number of aromatic hydroxyl groups is 1. The van der Waals surface area contributed by atoms with Crippen molar-refractivity contribution in [2.24, 2.45) is 5.73 Å². The fraction of sp³-hybridized carbons (Fsp3) is 0.125. The number of phenolic OH excluding ortho intramolecular Hbond substituents is 1. The molecule has 0 saturated heterocycles. The first-order valence-corrected chi connectivity index (χ1v) is 4.40. The third-order valence-electron chi connectivity index (χ3n) is 1.62. The average molecular weight is 180 g/mol. The van der Waals surface area contributed by atoms with E-state index < -0.39 is 0 Å². The second-order valence-corrected chi connectivity index (χ2v) is 3.55. The molecule has 0 amide bonds. The van der Waals surface area contributed by atoms with Crippen molar-refractivity contribution >= 4 is 21.6 Å². The summed E-state index contributed by atoms with van der Waals surface area (Å²) < 4.78 is 0.982. The molecule has 0 aliphatic heterocycles. The zero-order valence-electron chi connectivity index (χ0n) is 6.32. The summed E-state index contributed by atoms with van der Waals surface area (Å²) in [5.74, 6) is 0.225. The Morgan fingerprint density at radius 1 is 1.50 bits per heavy atom. The quantitative estimate of drug-likeness (QED) is 0.698. The van der Waals surface area contributed by atoms with Crippen LogP contribution in [0.1, 0.15) is 5.01 Å². The number of fused-ring (bicyclic) bond motifs is 1. The predicted molar refractivity (Wildman–Crippen MR) is 49.2 cm³/mol. The number of hydrogen-bond acceptors (Lipinski definition) is 4. The van der Waals surface area contributed by atoms with E-state index in [2.05, 4.69) is 4.98 Å². The maximum atomic E-state index is 9.38. The standard InChI is InChI=1S/C8H8N2OS/c9-4-7-10-8-5(11)2-1-3-6(8)12-7/h1-3,11H,4,9H2. The normalized spacial score (nSPS) is 10.8. The maximum absolute atomic E-state index is 9.38. The topological polar surface area (TPSA) is 59.1 Å². The number of aromatic nitrogens is 1. The van der Waals surface area contributed by atoms with Crippen molar-refractivity contribution in [1.29, 1.82) is 0 Å². The van der Waals surface area contributed by atoms with Gasteiger partial charge in [-0.05, 0) is 12.1 Å². The van der Waals surface area contributed by atoms with Crippen molar-refractivity contribution in [3.8, 4) is 5.75 Å². The lowest BCUT2D eigenvalue weighted by molar-refractivity contribution is 0.480. The molecular formula is C8H8N2OS. The van der Waals surface area contributed by atoms with Crippen LogP contribution in [0.2, 0.25) is 0 Å². The van der Waals surface area contributed by atoms with Gasteiger partial charge in [-0.3, -0.25) is 0 Å². The molecule has 0 spiro atoms. The lowest BCUT2D eigenvalue weighted by Crippen LogP contribution is -1.93. The number of nitrogens with zero attached hydrogens (tertiary/aromatic N) is 1. The summed E-state index contributed by atoms with van der Waals surface area (Å²) in [7, 11) is 0. The molecule has 1 aromatic heterocycles. The molecule has 0 aliphatic carbocycles. The second kappa shape index (κ2) is 2.73. The number of thiazole rings is 1. The van der Waals surface area contributed by atoms with E-state index in [0.29, 0.717) is 12.1 Å². The molecule has 0 atom stereocenters. The molecule has 1 aromatic carbocycles. The van der Waals surface area contributed by atoms with Gasteiger partial charge in [0.2, 0.25) is 0 Å². The summed E-state index contributed by atoms with van der Waals surface area (Å²) >= 11 is 1.52. The van der Waals surface area contributed by atoms with Crippen LogP contribution in [-0.2, 0) is 6.54 Å². The zero-order valence-corrected chi connectivity index (χ0v) is 7.14. The van der Waals surface area contributed by atoms with Crippen molar-refractivity contribution in [2.45, 2.75) is 6.54 Å².